The van der Waals surface area contributed by atoms with Gasteiger partial charge in [0.15, 0.2) is 0 Å². The number of imide groups is 1. The third-order valence-corrected chi connectivity index (χ3v) is 3.47. The number of hydrogen-bond acceptors (Lipinski definition) is 3. The van der Waals surface area contributed by atoms with Gasteiger partial charge in [-0.25, -0.2) is 4.79 Å². The molecular formula is C13H25N3O2. The fraction of sp³-hybridized carbons (Fsp3) is 0.846. The Labute approximate surface area is 110 Å². The Morgan fingerprint density at radius 3 is 2.33 bits per heavy atom. The molecule has 1 N–H and O–H groups in total. The SMILES string of the molecule is CCN(CC)CCCN1C(=O)N[C@@H](C(C)C)C1=O. The molecule has 3 amide bonds. The summed E-state index contributed by atoms with van der Waals surface area (Å²) < 4.78 is 0. The lowest BCUT2D eigenvalue weighted by molar-refractivity contribution is -0.128. The number of nitrogens with one attached hydrogen (secondary N) is 1. The Balaban J connectivity index is 2.43. The number of amides is 3. The van der Waals surface area contributed by atoms with E-state index in [0.717, 1.165) is 26.1 Å². The van der Waals surface area contributed by atoms with Crippen molar-refractivity contribution < 1.29 is 9.59 Å². The largest absolute Gasteiger partial charge is 0.326 e. The van der Waals surface area contributed by atoms with Crippen molar-refractivity contribution in [1.29, 1.82) is 0 Å². The van der Waals surface area contributed by atoms with Crippen LogP contribution in [0.5, 0.6) is 0 Å². The van der Waals surface area contributed by atoms with E-state index < -0.39 is 0 Å². The van der Waals surface area contributed by atoms with Gasteiger partial charge in [0.25, 0.3) is 5.91 Å². The Morgan fingerprint density at radius 2 is 1.89 bits per heavy atom. The molecule has 18 heavy (non-hydrogen) atoms. The van der Waals surface area contributed by atoms with E-state index in [-0.39, 0.29) is 23.9 Å². The van der Waals surface area contributed by atoms with E-state index in [1.807, 2.05) is 13.8 Å². The van der Waals surface area contributed by atoms with Crippen molar-refractivity contribution in [3.05, 3.63) is 0 Å². The topological polar surface area (TPSA) is 52.6 Å². The summed E-state index contributed by atoms with van der Waals surface area (Å²) >= 11 is 0. The van der Waals surface area contributed by atoms with Crippen LogP contribution >= 0.6 is 0 Å². The normalized spacial score (nSPS) is 20.1. The molecule has 5 nitrogen and oxygen atoms in total. The van der Waals surface area contributed by atoms with Crippen molar-refractivity contribution in [3.8, 4) is 0 Å². The molecule has 1 aliphatic rings. The van der Waals surface area contributed by atoms with E-state index in [1.165, 1.54) is 4.90 Å². The highest BCUT2D eigenvalue weighted by Gasteiger charge is 2.38. The Bertz CT molecular complexity index is 301. The van der Waals surface area contributed by atoms with Gasteiger partial charge in [-0.2, -0.15) is 0 Å². The first-order valence-electron chi connectivity index (χ1n) is 6.85. The quantitative estimate of drug-likeness (QED) is 0.698. The molecule has 0 radical (unpaired) electrons. The van der Waals surface area contributed by atoms with Crippen LogP contribution < -0.4 is 5.32 Å². The summed E-state index contributed by atoms with van der Waals surface area (Å²) in [5.41, 5.74) is 0. The van der Waals surface area contributed by atoms with Gasteiger partial charge in [-0.05, 0) is 32.0 Å². The van der Waals surface area contributed by atoms with Crippen LogP contribution in [0.25, 0.3) is 0 Å². The highest BCUT2D eigenvalue weighted by Crippen LogP contribution is 2.13. The summed E-state index contributed by atoms with van der Waals surface area (Å²) in [5.74, 6) is 0.0729. The maximum atomic E-state index is 12.0. The number of rotatable bonds is 7. The molecule has 0 unspecified atom stereocenters. The molecule has 1 rings (SSSR count). The first-order valence-corrected chi connectivity index (χ1v) is 6.85. The second-order valence-corrected chi connectivity index (χ2v) is 5.04. The third kappa shape index (κ3) is 3.45. The molecule has 0 aromatic heterocycles. The lowest BCUT2D eigenvalue weighted by Crippen LogP contribution is -2.36. The maximum Gasteiger partial charge on any atom is 0.324 e. The van der Waals surface area contributed by atoms with Crippen molar-refractivity contribution in [2.45, 2.75) is 40.2 Å². The number of hydrogen-bond donors (Lipinski definition) is 1. The van der Waals surface area contributed by atoms with E-state index in [4.69, 9.17) is 0 Å². The van der Waals surface area contributed by atoms with Crippen LogP contribution in [0, 0.1) is 5.92 Å². The fourth-order valence-electron chi connectivity index (χ4n) is 2.20. The van der Waals surface area contributed by atoms with Gasteiger partial charge in [0.1, 0.15) is 6.04 Å². The predicted octanol–water partition coefficient (Wildman–Crippen LogP) is 1.29. The first-order chi connectivity index (χ1) is 8.51. The minimum absolute atomic E-state index is 0.0745. The molecule has 1 saturated heterocycles. The standard InChI is InChI=1S/C13H25N3O2/c1-5-15(6-2)8-7-9-16-12(17)11(10(3)4)14-13(16)18/h10-11H,5-9H2,1-4H3,(H,14,18)/t11-/m0/s1. The summed E-state index contributed by atoms with van der Waals surface area (Å²) in [5, 5.41) is 2.74. The molecule has 0 saturated carbocycles. The number of carbonyl (C=O) groups is 2. The molecule has 0 bridgehead atoms. The maximum absolute atomic E-state index is 12.0. The highest BCUT2D eigenvalue weighted by atomic mass is 16.2. The zero-order chi connectivity index (χ0) is 13.7. The van der Waals surface area contributed by atoms with E-state index in [2.05, 4.69) is 24.1 Å². The van der Waals surface area contributed by atoms with Gasteiger partial charge >= 0.3 is 6.03 Å². The zero-order valence-electron chi connectivity index (χ0n) is 11.9. The average molecular weight is 255 g/mol. The van der Waals surface area contributed by atoms with Crippen molar-refractivity contribution >= 4 is 11.9 Å². The van der Waals surface area contributed by atoms with Gasteiger partial charge in [-0.1, -0.05) is 27.7 Å². The van der Waals surface area contributed by atoms with Gasteiger partial charge in [0, 0.05) is 6.54 Å². The summed E-state index contributed by atoms with van der Waals surface area (Å²) in [6.45, 7) is 11.6. The summed E-state index contributed by atoms with van der Waals surface area (Å²) in [7, 11) is 0. The molecule has 1 heterocycles. The molecule has 1 atom stereocenters. The van der Waals surface area contributed by atoms with Gasteiger partial charge in [0.2, 0.25) is 0 Å². The molecule has 0 aromatic carbocycles. The Kier molecular flexibility index (Phi) is 5.59. The second kappa shape index (κ2) is 6.73. The van der Waals surface area contributed by atoms with Crippen molar-refractivity contribution in [2.75, 3.05) is 26.2 Å². The summed E-state index contributed by atoms with van der Waals surface area (Å²) in [4.78, 5) is 27.3. The molecule has 0 aromatic rings. The molecule has 5 heteroatoms. The van der Waals surface area contributed by atoms with Gasteiger partial charge < -0.3 is 10.2 Å². The van der Waals surface area contributed by atoms with Crippen molar-refractivity contribution in [1.82, 2.24) is 15.1 Å². The molecule has 104 valence electrons. The molecule has 0 spiro atoms. The Hall–Kier alpha value is -1.10. The third-order valence-electron chi connectivity index (χ3n) is 3.47. The van der Waals surface area contributed by atoms with Crippen LogP contribution in [0.15, 0.2) is 0 Å². The molecular weight excluding hydrogens is 230 g/mol. The molecule has 1 aliphatic heterocycles. The van der Waals surface area contributed by atoms with E-state index >= 15 is 0 Å². The molecule has 1 fully saturated rings. The average Bonchev–Trinajstić information content (AvgIpc) is 2.62. The number of urea groups is 1. The summed E-state index contributed by atoms with van der Waals surface area (Å²) in [6.07, 6.45) is 0.839. The minimum Gasteiger partial charge on any atom is -0.326 e. The zero-order valence-corrected chi connectivity index (χ0v) is 11.9. The van der Waals surface area contributed by atoms with Gasteiger partial charge in [-0.15, -0.1) is 0 Å². The van der Waals surface area contributed by atoms with Crippen LogP contribution in [0.4, 0.5) is 4.79 Å². The van der Waals surface area contributed by atoms with E-state index in [0.29, 0.717) is 6.54 Å². The minimum atomic E-state index is -0.342. The predicted molar refractivity (Wildman–Crippen MR) is 71.3 cm³/mol. The second-order valence-electron chi connectivity index (χ2n) is 5.04. The Morgan fingerprint density at radius 1 is 1.28 bits per heavy atom. The first kappa shape index (κ1) is 15.0. The van der Waals surface area contributed by atoms with E-state index in [9.17, 15) is 9.59 Å². The van der Waals surface area contributed by atoms with Gasteiger partial charge in [0.05, 0.1) is 0 Å². The van der Waals surface area contributed by atoms with Gasteiger partial charge in [-0.3, -0.25) is 9.69 Å². The monoisotopic (exact) mass is 255 g/mol. The van der Waals surface area contributed by atoms with E-state index in [1.54, 1.807) is 0 Å². The number of nitrogens with zero attached hydrogens (tertiary/aromatic N) is 2. The number of carbonyl (C=O) groups excluding carboxylic acids is 2. The fourth-order valence-corrected chi connectivity index (χ4v) is 2.20. The van der Waals surface area contributed by atoms with Crippen LogP contribution in [0.3, 0.4) is 0 Å². The lowest BCUT2D eigenvalue weighted by atomic mass is 10.1. The van der Waals surface area contributed by atoms with Crippen LogP contribution in [0.2, 0.25) is 0 Å². The lowest BCUT2D eigenvalue weighted by Gasteiger charge is -2.19. The van der Waals surface area contributed by atoms with Crippen LogP contribution in [0.1, 0.15) is 34.1 Å². The van der Waals surface area contributed by atoms with Crippen molar-refractivity contribution in [2.24, 2.45) is 5.92 Å². The van der Waals surface area contributed by atoms with Crippen LogP contribution in [-0.2, 0) is 4.79 Å². The summed E-state index contributed by atoms with van der Waals surface area (Å²) in [6, 6.07) is -0.579. The highest BCUT2D eigenvalue weighted by molar-refractivity contribution is 6.04. The van der Waals surface area contributed by atoms with Crippen molar-refractivity contribution in [3.63, 3.8) is 0 Å². The molecule has 0 aliphatic carbocycles. The van der Waals surface area contributed by atoms with Crippen LogP contribution in [-0.4, -0.2) is 54.0 Å². The smallest absolute Gasteiger partial charge is 0.324 e.